The van der Waals surface area contributed by atoms with E-state index in [1.165, 1.54) is 40.1 Å². The second kappa shape index (κ2) is 8.60. The molecular formula is C18H27I2N2-. The average molecular weight is 525 g/mol. The van der Waals surface area contributed by atoms with Crippen molar-refractivity contribution in [3.05, 3.63) is 30.1 Å². The molecule has 4 rings (SSSR count). The van der Waals surface area contributed by atoms with Gasteiger partial charge in [-0.3, -0.25) is 4.98 Å². The molecule has 3 aliphatic rings. The topological polar surface area (TPSA) is 24.9 Å². The Balaban J connectivity index is 0.000000325. The number of nitrogens with one attached hydrogen (secondary N) is 1. The normalized spacial score (nSPS) is 35.3. The van der Waals surface area contributed by atoms with Crippen molar-refractivity contribution < 1.29 is 21.2 Å². The Hall–Kier alpha value is 0.570. The molecule has 22 heavy (non-hydrogen) atoms. The molecule has 3 saturated carbocycles. The van der Waals surface area contributed by atoms with Crippen LogP contribution in [0.25, 0.3) is 0 Å². The molecule has 3 fully saturated rings. The first-order valence-corrected chi connectivity index (χ1v) is 13.7. The molecular weight excluding hydrogens is 498 g/mol. The number of alkyl halides is 3. The number of hydrogen-bond acceptors (Lipinski definition) is 2. The Morgan fingerprint density at radius 2 is 2.09 bits per heavy atom. The van der Waals surface area contributed by atoms with Crippen LogP contribution in [0.3, 0.4) is 0 Å². The Morgan fingerprint density at radius 1 is 1.27 bits per heavy atom. The molecule has 1 aromatic heterocycles. The molecule has 1 heterocycles. The summed E-state index contributed by atoms with van der Waals surface area (Å²) in [6.07, 6.45) is 11.3. The predicted octanol–water partition coefficient (Wildman–Crippen LogP) is 1.09. The van der Waals surface area contributed by atoms with Crippen LogP contribution >= 0.6 is 22.6 Å². The minimum absolute atomic E-state index is 0.597. The maximum Gasteiger partial charge on any atom is 0.0312 e. The first-order chi connectivity index (χ1) is 10.8. The van der Waals surface area contributed by atoms with Gasteiger partial charge >= 0.3 is 51.2 Å². The molecule has 3 aliphatic carbocycles. The van der Waals surface area contributed by atoms with Crippen LogP contribution in [0.15, 0.2) is 24.5 Å². The smallest absolute Gasteiger partial charge is 0.0312 e. The molecule has 0 aliphatic heterocycles. The van der Waals surface area contributed by atoms with Crippen molar-refractivity contribution in [2.75, 3.05) is 7.36 Å². The monoisotopic (exact) mass is 525 g/mol. The number of aromatic nitrogens is 1. The van der Waals surface area contributed by atoms with Gasteiger partial charge in [0.15, 0.2) is 0 Å². The van der Waals surface area contributed by atoms with E-state index in [1.807, 2.05) is 18.5 Å². The summed E-state index contributed by atoms with van der Waals surface area (Å²) in [5.74, 6) is 4.20. The van der Waals surface area contributed by atoms with Crippen LogP contribution in [-0.4, -0.2) is 18.4 Å². The maximum absolute atomic E-state index is 4.19. The predicted molar refractivity (Wildman–Crippen MR) is 96.7 cm³/mol. The van der Waals surface area contributed by atoms with Crippen molar-refractivity contribution in [2.45, 2.75) is 44.7 Å². The van der Waals surface area contributed by atoms with Crippen LogP contribution in [0.4, 0.5) is 0 Å². The van der Waals surface area contributed by atoms with Gasteiger partial charge in [0.1, 0.15) is 0 Å². The van der Waals surface area contributed by atoms with Crippen LogP contribution in [0.2, 0.25) is 0 Å². The van der Waals surface area contributed by atoms with Crippen LogP contribution in [0.5, 0.6) is 0 Å². The van der Waals surface area contributed by atoms with Crippen LogP contribution in [0, 0.1) is 23.7 Å². The van der Waals surface area contributed by atoms with E-state index in [0.717, 1.165) is 36.3 Å². The number of nitrogens with zero attached hydrogens (tertiary/aromatic N) is 1. The third-order valence-corrected chi connectivity index (χ3v) is 10.3. The van der Waals surface area contributed by atoms with Crippen molar-refractivity contribution >= 4 is 22.6 Å². The summed E-state index contributed by atoms with van der Waals surface area (Å²) in [7, 11) is 0. The molecule has 1 aromatic rings. The van der Waals surface area contributed by atoms with Crippen LogP contribution < -0.4 is 26.5 Å². The molecule has 0 aromatic carbocycles. The van der Waals surface area contributed by atoms with E-state index in [2.05, 4.69) is 43.9 Å². The summed E-state index contributed by atoms with van der Waals surface area (Å²) < 4.78 is 1.40. The molecule has 4 heteroatoms. The van der Waals surface area contributed by atoms with Gasteiger partial charge in [-0.1, -0.05) is 12.5 Å². The van der Waals surface area contributed by atoms with E-state index in [9.17, 15) is 0 Å². The number of halogens is 2. The zero-order valence-corrected chi connectivity index (χ0v) is 17.7. The van der Waals surface area contributed by atoms with Crippen LogP contribution in [-0.2, 0) is 6.54 Å². The van der Waals surface area contributed by atoms with Gasteiger partial charge in [-0.15, -0.1) is 0 Å². The summed E-state index contributed by atoms with van der Waals surface area (Å²) >= 11 is 3.00. The van der Waals surface area contributed by atoms with Gasteiger partial charge in [0.2, 0.25) is 0 Å². The molecule has 2 nitrogen and oxygen atoms in total. The molecule has 2 bridgehead atoms. The summed E-state index contributed by atoms with van der Waals surface area (Å²) in [6, 6.07) is 4.99. The summed E-state index contributed by atoms with van der Waals surface area (Å²) in [5.41, 5.74) is 1.32. The van der Waals surface area contributed by atoms with Gasteiger partial charge in [-0.25, -0.2) is 0 Å². The molecule has 124 valence electrons. The van der Waals surface area contributed by atoms with E-state index in [-0.39, 0.29) is 0 Å². The van der Waals surface area contributed by atoms with E-state index in [0.29, 0.717) is 21.2 Å². The first-order valence-electron chi connectivity index (χ1n) is 8.45. The van der Waals surface area contributed by atoms with Gasteiger partial charge in [-0.2, -0.15) is 0 Å². The maximum atomic E-state index is 4.19. The Bertz CT molecular complexity index is 452. The van der Waals surface area contributed by atoms with E-state index >= 15 is 0 Å². The minimum Gasteiger partial charge on any atom is -0.310 e. The number of pyridine rings is 1. The van der Waals surface area contributed by atoms with E-state index in [4.69, 9.17) is 0 Å². The van der Waals surface area contributed by atoms with Gasteiger partial charge in [0.05, 0.1) is 0 Å². The van der Waals surface area contributed by atoms with Crippen molar-refractivity contribution in [1.82, 2.24) is 10.3 Å². The quantitative estimate of drug-likeness (QED) is 0.471. The average Bonchev–Trinajstić information content (AvgIpc) is 3.26. The van der Waals surface area contributed by atoms with Gasteiger partial charge in [-0.05, 0) is 61.0 Å². The van der Waals surface area contributed by atoms with Gasteiger partial charge < -0.3 is 5.32 Å². The molecule has 0 unspecified atom stereocenters. The minimum atomic E-state index is 0.597. The number of fused-ring (bicyclic) bond motifs is 5. The summed E-state index contributed by atoms with van der Waals surface area (Å²) in [4.78, 5) is 6.47. The molecule has 1 N–H and O–H groups in total. The fraction of sp³-hybridized carbons (Fsp3) is 0.722. The Morgan fingerprint density at radius 3 is 2.82 bits per heavy atom. The third-order valence-electron chi connectivity index (χ3n) is 5.82. The number of hydrogen-bond donors (Lipinski definition) is 1. The molecule has 5 atom stereocenters. The zero-order valence-electron chi connectivity index (χ0n) is 13.3. The third kappa shape index (κ3) is 3.97. The van der Waals surface area contributed by atoms with Crippen molar-refractivity contribution in [3.8, 4) is 0 Å². The first kappa shape index (κ1) is 17.4. The molecule has 0 saturated heterocycles. The zero-order chi connectivity index (χ0) is 15.4. The fourth-order valence-electron chi connectivity index (χ4n) is 5.05. The molecule has 0 amide bonds. The van der Waals surface area contributed by atoms with Gasteiger partial charge in [0, 0.05) is 25.0 Å². The summed E-state index contributed by atoms with van der Waals surface area (Å²) in [5, 5.41) is 3.80. The second-order valence-corrected chi connectivity index (χ2v) is 12.8. The Labute approximate surface area is 159 Å². The SMILES string of the molecule is C[I-]CI.c1cncc(CN[C@@H]2C[C@@H]3C[C@H]2[C@@H]2CCC[C@H]32)c1. The molecule has 0 spiro atoms. The second-order valence-electron chi connectivity index (χ2n) is 6.87. The van der Waals surface area contributed by atoms with Crippen molar-refractivity contribution in [2.24, 2.45) is 23.7 Å². The standard InChI is InChI=1S/C16H22N2.C2H5I2/c1-4-13-12-7-15(14(13)5-1)16(8-12)18-10-11-3-2-6-17-9-11;1-4-2-3/h2-3,6,9,12-16,18H,1,4-5,7-8,10H2;2H2,1H3/q;-1/t12-,13+,14+,15-,16+;/m0./s1. The summed E-state index contributed by atoms with van der Waals surface area (Å²) in [6.45, 7) is 0.999. The van der Waals surface area contributed by atoms with Gasteiger partial charge in [0.25, 0.3) is 0 Å². The van der Waals surface area contributed by atoms with Crippen molar-refractivity contribution in [1.29, 1.82) is 0 Å². The largest absolute Gasteiger partial charge is 0.310 e. The van der Waals surface area contributed by atoms with Crippen LogP contribution in [0.1, 0.15) is 37.7 Å². The molecule has 0 radical (unpaired) electrons. The fourth-order valence-corrected chi connectivity index (χ4v) is 5.05. The van der Waals surface area contributed by atoms with E-state index in [1.54, 1.807) is 0 Å². The van der Waals surface area contributed by atoms with E-state index < -0.39 is 0 Å². The Kier molecular flexibility index (Phi) is 6.80. The number of rotatable bonds is 4. The van der Waals surface area contributed by atoms with Crippen molar-refractivity contribution in [3.63, 3.8) is 0 Å².